The zero-order chi connectivity index (χ0) is 15.4. The minimum absolute atomic E-state index is 0.111. The average molecular weight is 291 g/mol. The van der Waals surface area contributed by atoms with Crippen LogP contribution in [0.4, 0.5) is 21.6 Å². The first-order valence-corrected chi connectivity index (χ1v) is 6.10. The Balaban J connectivity index is 2.01. The second kappa shape index (κ2) is 6.04. The van der Waals surface area contributed by atoms with Crippen LogP contribution in [0.25, 0.3) is 0 Å². The molecule has 8 heteroatoms. The summed E-state index contributed by atoms with van der Waals surface area (Å²) in [4.78, 5) is 22.8. The van der Waals surface area contributed by atoms with Crippen molar-refractivity contribution in [2.45, 2.75) is 13.5 Å². The molecule has 0 fully saturated rings. The van der Waals surface area contributed by atoms with Gasteiger partial charge in [-0.05, 0) is 18.2 Å². The van der Waals surface area contributed by atoms with Crippen LogP contribution in [0.1, 0.15) is 6.92 Å². The number of nitrogens with zero attached hydrogens (tertiary/aromatic N) is 2. The molecule has 2 rings (SSSR count). The Morgan fingerprint density at radius 3 is 2.81 bits per heavy atom. The van der Waals surface area contributed by atoms with Crippen molar-refractivity contribution in [3.8, 4) is 0 Å². The fourth-order valence-electron chi connectivity index (χ4n) is 1.70. The van der Waals surface area contributed by atoms with Gasteiger partial charge in [0.2, 0.25) is 11.8 Å². The predicted octanol–water partition coefficient (Wildman–Crippen LogP) is 1.20. The van der Waals surface area contributed by atoms with Gasteiger partial charge in [0.15, 0.2) is 5.82 Å². The summed E-state index contributed by atoms with van der Waals surface area (Å²) in [7, 11) is 0. The van der Waals surface area contributed by atoms with Crippen molar-refractivity contribution in [2.75, 3.05) is 16.4 Å². The Kier molecular flexibility index (Phi) is 4.17. The van der Waals surface area contributed by atoms with Crippen LogP contribution in [0.5, 0.6) is 0 Å². The fraction of sp³-hybridized carbons (Fsp3) is 0.154. The maximum absolute atomic E-state index is 13.0. The van der Waals surface area contributed by atoms with E-state index in [1.807, 2.05) is 0 Å². The highest BCUT2D eigenvalue weighted by atomic mass is 19.1. The smallest absolute Gasteiger partial charge is 0.246 e. The first-order chi connectivity index (χ1) is 9.94. The fourth-order valence-corrected chi connectivity index (χ4v) is 1.70. The Hall–Kier alpha value is -2.90. The van der Waals surface area contributed by atoms with Crippen molar-refractivity contribution >= 4 is 29.0 Å². The monoisotopic (exact) mass is 291 g/mol. The van der Waals surface area contributed by atoms with Crippen LogP contribution in [0, 0.1) is 5.82 Å². The van der Waals surface area contributed by atoms with E-state index in [9.17, 15) is 14.0 Å². The highest BCUT2D eigenvalue weighted by Crippen LogP contribution is 2.15. The maximum atomic E-state index is 13.0. The number of rotatable bonds is 4. The molecule has 0 atom stereocenters. The van der Waals surface area contributed by atoms with Crippen LogP contribution < -0.4 is 16.4 Å². The van der Waals surface area contributed by atoms with E-state index in [-0.39, 0.29) is 24.0 Å². The molecule has 0 aliphatic carbocycles. The normalized spacial score (nSPS) is 10.2. The topological polar surface area (TPSA) is 102 Å². The van der Waals surface area contributed by atoms with E-state index >= 15 is 0 Å². The summed E-state index contributed by atoms with van der Waals surface area (Å²) < 4.78 is 14.3. The summed E-state index contributed by atoms with van der Waals surface area (Å²) in [5, 5.41) is 8.95. The maximum Gasteiger partial charge on any atom is 0.246 e. The number of carbonyl (C=O) groups excluding carboxylic acids is 2. The third kappa shape index (κ3) is 4.03. The number of nitrogen functional groups attached to an aromatic ring is 1. The van der Waals surface area contributed by atoms with Crippen LogP contribution in [0.2, 0.25) is 0 Å². The number of anilines is 3. The molecule has 0 spiro atoms. The molecule has 7 nitrogen and oxygen atoms in total. The molecular formula is C13H14FN5O2. The van der Waals surface area contributed by atoms with Crippen LogP contribution in [-0.4, -0.2) is 21.6 Å². The molecule has 21 heavy (non-hydrogen) atoms. The molecule has 4 N–H and O–H groups in total. The number of hydrogen-bond acceptors (Lipinski definition) is 4. The highest BCUT2D eigenvalue weighted by molar-refractivity contribution is 5.92. The van der Waals surface area contributed by atoms with Gasteiger partial charge in [0, 0.05) is 12.6 Å². The van der Waals surface area contributed by atoms with E-state index in [2.05, 4.69) is 15.7 Å². The van der Waals surface area contributed by atoms with Gasteiger partial charge in [-0.3, -0.25) is 14.3 Å². The Morgan fingerprint density at radius 2 is 2.14 bits per heavy atom. The number of carbonyl (C=O) groups is 2. The third-order valence-corrected chi connectivity index (χ3v) is 2.50. The van der Waals surface area contributed by atoms with Gasteiger partial charge in [-0.2, -0.15) is 5.10 Å². The number of nitrogens with one attached hydrogen (secondary N) is 2. The predicted molar refractivity (Wildman–Crippen MR) is 76.0 cm³/mol. The van der Waals surface area contributed by atoms with Crippen molar-refractivity contribution in [1.82, 2.24) is 9.78 Å². The lowest BCUT2D eigenvalue weighted by molar-refractivity contribution is -0.117. The summed E-state index contributed by atoms with van der Waals surface area (Å²) in [6.45, 7) is 1.22. The molecule has 0 radical (unpaired) electrons. The summed E-state index contributed by atoms with van der Waals surface area (Å²) in [6, 6.07) is 5.55. The summed E-state index contributed by atoms with van der Waals surface area (Å²) in [5.74, 6) is -0.946. The lowest BCUT2D eigenvalue weighted by atomic mass is 10.3. The number of hydrogen-bond donors (Lipinski definition) is 3. The zero-order valence-corrected chi connectivity index (χ0v) is 11.3. The van der Waals surface area contributed by atoms with Crippen LogP contribution in [0.3, 0.4) is 0 Å². The molecule has 0 unspecified atom stereocenters. The molecule has 1 aromatic heterocycles. The van der Waals surface area contributed by atoms with E-state index in [0.717, 1.165) is 0 Å². The number of halogens is 1. The van der Waals surface area contributed by atoms with Gasteiger partial charge in [0.25, 0.3) is 0 Å². The number of aromatic nitrogens is 2. The van der Waals surface area contributed by atoms with Crippen LogP contribution >= 0.6 is 0 Å². The second-order valence-corrected chi connectivity index (χ2v) is 4.37. The van der Waals surface area contributed by atoms with Crippen molar-refractivity contribution in [1.29, 1.82) is 0 Å². The van der Waals surface area contributed by atoms with Gasteiger partial charge >= 0.3 is 0 Å². The molecular weight excluding hydrogens is 277 g/mol. The average Bonchev–Trinajstić information content (AvgIpc) is 2.68. The van der Waals surface area contributed by atoms with E-state index in [1.54, 1.807) is 6.07 Å². The van der Waals surface area contributed by atoms with E-state index in [1.165, 1.54) is 36.0 Å². The number of amides is 2. The molecule has 0 saturated carbocycles. The largest absolute Gasteiger partial charge is 0.394 e. The molecule has 1 aromatic carbocycles. The van der Waals surface area contributed by atoms with Gasteiger partial charge in [-0.15, -0.1) is 0 Å². The van der Waals surface area contributed by atoms with Gasteiger partial charge in [-0.1, -0.05) is 6.07 Å². The highest BCUT2D eigenvalue weighted by Gasteiger charge is 2.10. The van der Waals surface area contributed by atoms with Gasteiger partial charge < -0.3 is 16.4 Å². The SMILES string of the molecule is CC(=O)Nc1nn(CC(=O)Nc2cccc(F)c2)cc1N. The first-order valence-electron chi connectivity index (χ1n) is 6.10. The molecule has 0 saturated heterocycles. The van der Waals surface area contributed by atoms with Crippen molar-refractivity contribution in [3.63, 3.8) is 0 Å². The molecule has 0 aliphatic heterocycles. The Morgan fingerprint density at radius 1 is 1.38 bits per heavy atom. The molecule has 2 amide bonds. The van der Waals surface area contributed by atoms with Gasteiger partial charge in [0.05, 0.1) is 11.9 Å². The zero-order valence-electron chi connectivity index (χ0n) is 11.3. The number of benzene rings is 1. The first kappa shape index (κ1) is 14.5. The molecule has 0 aliphatic rings. The number of nitrogens with two attached hydrogens (primary N) is 1. The van der Waals surface area contributed by atoms with E-state index in [4.69, 9.17) is 5.73 Å². The third-order valence-electron chi connectivity index (χ3n) is 2.50. The molecule has 2 aromatic rings. The van der Waals surface area contributed by atoms with E-state index in [0.29, 0.717) is 5.69 Å². The standard InChI is InChI=1S/C13H14FN5O2/c1-8(20)16-13-11(15)6-19(18-13)7-12(21)17-10-4-2-3-9(14)5-10/h2-6H,7,15H2,1H3,(H,17,21)(H,16,18,20). The molecule has 110 valence electrons. The van der Waals surface area contributed by atoms with E-state index < -0.39 is 11.7 Å². The van der Waals surface area contributed by atoms with Crippen LogP contribution in [-0.2, 0) is 16.1 Å². The van der Waals surface area contributed by atoms with Crippen molar-refractivity contribution in [2.24, 2.45) is 0 Å². The van der Waals surface area contributed by atoms with Crippen LogP contribution in [0.15, 0.2) is 30.5 Å². The van der Waals surface area contributed by atoms with Crippen molar-refractivity contribution < 1.29 is 14.0 Å². The quantitative estimate of drug-likeness (QED) is 0.787. The Bertz CT molecular complexity index is 683. The lowest BCUT2D eigenvalue weighted by Crippen LogP contribution is -2.19. The Labute approximate surface area is 119 Å². The summed E-state index contributed by atoms with van der Waals surface area (Å²) in [6.07, 6.45) is 1.43. The molecule has 1 heterocycles. The minimum atomic E-state index is -0.441. The van der Waals surface area contributed by atoms with Gasteiger partial charge in [-0.25, -0.2) is 4.39 Å². The summed E-state index contributed by atoms with van der Waals surface area (Å²) in [5.41, 5.74) is 6.26. The van der Waals surface area contributed by atoms with Gasteiger partial charge in [0.1, 0.15) is 12.4 Å². The molecule has 0 bridgehead atoms. The second-order valence-electron chi connectivity index (χ2n) is 4.37. The minimum Gasteiger partial charge on any atom is -0.394 e. The van der Waals surface area contributed by atoms with Crippen molar-refractivity contribution in [3.05, 3.63) is 36.3 Å². The lowest BCUT2D eigenvalue weighted by Gasteiger charge is -2.05. The summed E-state index contributed by atoms with van der Waals surface area (Å²) >= 11 is 0.